The normalized spacial score (nSPS) is 12.8. The van der Waals surface area contributed by atoms with E-state index in [0.717, 1.165) is 36.1 Å². The minimum Gasteiger partial charge on any atom is -0.497 e. The minimum absolute atomic E-state index is 0.338. The van der Waals surface area contributed by atoms with Crippen molar-refractivity contribution in [1.29, 1.82) is 0 Å². The van der Waals surface area contributed by atoms with Crippen LogP contribution in [0.15, 0.2) is 54.6 Å². The van der Waals surface area contributed by atoms with Crippen molar-refractivity contribution in [2.24, 2.45) is 0 Å². The number of amides is 1. The van der Waals surface area contributed by atoms with E-state index in [-0.39, 0.29) is 0 Å². The van der Waals surface area contributed by atoms with Crippen LogP contribution < -0.4 is 15.4 Å². The lowest BCUT2D eigenvalue weighted by Gasteiger charge is -2.24. The second-order valence-electron chi connectivity index (χ2n) is 7.33. The maximum absolute atomic E-state index is 12.2. The van der Waals surface area contributed by atoms with Crippen molar-refractivity contribution in [3.05, 3.63) is 65.7 Å². The van der Waals surface area contributed by atoms with Gasteiger partial charge in [-0.05, 0) is 36.1 Å². The number of methoxy groups -OCH3 is 1. The summed E-state index contributed by atoms with van der Waals surface area (Å²) in [5.74, 6) is 0.796. The monoisotopic (exact) mass is 414 g/mol. The van der Waals surface area contributed by atoms with Gasteiger partial charge in [0.25, 0.3) is 0 Å². The molecule has 164 valence electrons. The number of carbonyl (C=O) groups excluding carboxylic acids is 1. The molecule has 0 aliphatic heterocycles. The summed E-state index contributed by atoms with van der Waals surface area (Å²) in [5.41, 5.74) is 2.10. The Morgan fingerprint density at radius 1 is 1.07 bits per heavy atom. The Morgan fingerprint density at radius 2 is 1.83 bits per heavy atom. The van der Waals surface area contributed by atoms with Crippen LogP contribution in [0.4, 0.5) is 4.79 Å². The molecule has 0 aromatic heterocycles. The highest BCUT2D eigenvalue weighted by Crippen LogP contribution is 2.12. The van der Waals surface area contributed by atoms with E-state index in [4.69, 9.17) is 9.47 Å². The molecule has 0 aliphatic rings. The van der Waals surface area contributed by atoms with Crippen molar-refractivity contribution in [1.82, 2.24) is 10.6 Å². The number of aliphatic hydroxyl groups is 1. The van der Waals surface area contributed by atoms with Crippen LogP contribution in [0.1, 0.15) is 37.3 Å². The van der Waals surface area contributed by atoms with Gasteiger partial charge in [0.15, 0.2) is 0 Å². The minimum atomic E-state index is -0.765. The van der Waals surface area contributed by atoms with Crippen molar-refractivity contribution < 1.29 is 19.4 Å². The van der Waals surface area contributed by atoms with E-state index >= 15 is 0 Å². The number of alkyl carbamates (subject to hydrolysis) is 1. The number of carbonyl (C=O) groups is 1. The van der Waals surface area contributed by atoms with Gasteiger partial charge in [0.05, 0.1) is 25.9 Å². The Morgan fingerprint density at radius 3 is 2.57 bits per heavy atom. The van der Waals surface area contributed by atoms with E-state index in [1.807, 2.05) is 54.6 Å². The predicted octanol–water partition coefficient (Wildman–Crippen LogP) is 3.67. The molecule has 0 bridgehead atoms. The van der Waals surface area contributed by atoms with Crippen LogP contribution >= 0.6 is 0 Å². The number of aliphatic hydroxyl groups excluding tert-OH is 1. The maximum Gasteiger partial charge on any atom is 0.407 e. The van der Waals surface area contributed by atoms with E-state index in [1.165, 1.54) is 0 Å². The number of hydrogen-bond donors (Lipinski definition) is 3. The Labute approximate surface area is 179 Å². The predicted molar refractivity (Wildman–Crippen MR) is 119 cm³/mol. The number of benzene rings is 2. The first-order valence-corrected chi connectivity index (χ1v) is 10.6. The maximum atomic E-state index is 12.2. The molecule has 30 heavy (non-hydrogen) atoms. The molecular formula is C24H34N2O4. The van der Waals surface area contributed by atoms with Gasteiger partial charge in [-0.3, -0.25) is 0 Å². The van der Waals surface area contributed by atoms with E-state index < -0.39 is 18.2 Å². The van der Waals surface area contributed by atoms with Crippen LogP contribution in [0.3, 0.4) is 0 Å². The summed E-state index contributed by atoms with van der Waals surface area (Å²) in [6.07, 6.45) is 2.21. The Kier molecular flexibility index (Phi) is 10.8. The molecule has 2 atom stereocenters. The Balaban J connectivity index is 1.89. The van der Waals surface area contributed by atoms with Gasteiger partial charge in [-0.15, -0.1) is 0 Å². The summed E-state index contributed by atoms with van der Waals surface area (Å²) in [6.45, 7) is 3.42. The zero-order valence-corrected chi connectivity index (χ0v) is 18.0. The highest BCUT2D eigenvalue weighted by Gasteiger charge is 2.22. The summed E-state index contributed by atoms with van der Waals surface area (Å²) >= 11 is 0. The molecule has 0 saturated carbocycles. The van der Waals surface area contributed by atoms with Crippen LogP contribution in [0.25, 0.3) is 0 Å². The summed E-state index contributed by atoms with van der Waals surface area (Å²) in [6, 6.07) is 17.1. The fraction of sp³-hybridized carbons (Fsp3) is 0.458. The Hall–Kier alpha value is -2.57. The number of ether oxygens (including phenoxy) is 2. The van der Waals surface area contributed by atoms with E-state index in [0.29, 0.717) is 26.1 Å². The van der Waals surface area contributed by atoms with Gasteiger partial charge in [-0.25, -0.2) is 4.79 Å². The van der Waals surface area contributed by atoms with Crippen molar-refractivity contribution in [3.63, 3.8) is 0 Å². The molecule has 0 spiro atoms. The zero-order valence-electron chi connectivity index (χ0n) is 18.0. The van der Waals surface area contributed by atoms with E-state index in [2.05, 4.69) is 17.6 Å². The molecule has 2 rings (SSSR count). The summed E-state index contributed by atoms with van der Waals surface area (Å²) < 4.78 is 10.5. The molecule has 0 saturated heterocycles. The van der Waals surface area contributed by atoms with Gasteiger partial charge in [-0.1, -0.05) is 62.2 Å². The number of rotatable bonds is 13. The average molecular weight is 415 g/mol. The molecule has 0 unspecified atom stereocenters. The lowest BCUT2D eigenvalue weighted by atomic mass is 10.0. The number of hydrogen-bond acceptors (Lipinski definition) is 5. The topological polar surface area (TPSA) is 79.8 Å². The molecular weight excluding hydrogens is 380 g/mol. The van der Waals surface area contributed by atoms with Crippen LogP contribution in [0.5, 0.6) is 5.75 Å². The lowest BCUT2D eigenvalue weighted by Crippen LogP contribution is -2.48. The fourth-order valence-corrected chi connectivity index (χ4v) is 3.15. The third-order valence-corrected chi connectivity index (χ3v) is 4.86. The molecule has 3 N–H and O–H groups in total. The van der Waals surface area contributed by atoms with Gasteiger partial charge >= 0.3 is 6.09 Å². The standard InChI is InChI=1S/C24H34N2O4/c1-3-4-8-14-30-24(28)26-22(16-19-10-6-5-7-11-19)23(27)18-25-17-20-12-9-13-21(15-20)29-2/h5-7,9-13,15,22-23,25,27H,3-4,8,14,16-18H2,1-2H3,(H,26,28)/t22-,23+/m0/s1. The zero-order chi connectivity index (χ0) is 21.6. The Bertz CT molecular complexity index is 739. The molecule has 0 radical (unpaired) electrons. The summed E-state index contributed by atoms with van der Waals surface area (Å²) in [7, 11) is 1.64. The van der Waals surface area contributed by atoms with Crippen molar-refractivity contribution in [2.45, 2.75) is 51.3 Å². The smallest absolute Gasteiger partial charge is 0.407 e. The molecule has 0 aliphatic carbocycles. The van der Waals surface area contributed by atoms with Gasteiger partial charge in [0, 0.05) is 13.1 Å². The molecule has 2 aromatic carbocycles. The highest BCUT2D eigenvalue weighted by atomic mass is 16.5. The quantitative estimate of drug-likeness (QED) is 0.436. The molecule has 1 amide bonds. The molecule has 6 nitrogen and oxygen atoms in total. The van der Waals surface area contributed by atoms with Gasteiger partial charge in [-0.2, -0.15) is 0 Å². The third-order valence-electron chi connectivity index (χ3n) is 4.86. The van der Waals surface area contributed by atoms with Crippen molar-refractivity contribution in [3.8, 4) is 5.75 Å². The largest absolute Gasteiger partial charge is 0.497 e. The third kappa shape index (κ3) is 8.84. The fourth-order valence-electron chi connectivity index (χ4n) is 3.15. The van der Waals surface area contributed by atoms with Crippen LogP contribution in [-0.4, -0.2) is 43.6 Å². The lowest BCUT2D eigenvalue weighted by molar-refractivity contribution is 0.103. The first-order chi connectivity index (χ1) is 14.6. The van der Waals surface area contributed by atoms with Crippen LogP contribution in [0.2, 0.25) is 0 Å². The number of nitrogens with one attached hydrogen (secondary N) is 2. The van der Waals surface area contributed by atoms with Crippen molar-refractivity contribution >= 4 is 6.09 Å². The van der Waals surface area contributed by atoms with Crippen molar-refractivity contribution in [2.75, 3.05) is 20.3 Å². The second kappa shape index (κ2) is 13.6. The molecule has 2 aromatic rings. The second-order valence-corrected chi connectivity index (χ2v) is 7.33. The summed E-state index contributed by atoms with van der Waals surface area (Å²) in [5, 5.41) is 16.8. The van der Waals surface area contributed by atoms with Gasteiger partial charge in [0.2, 0.25) is 0 Å². The molecule has 0 heterocycles. The van der Waals surface area contributed by atoms with Crippen LogP contribution in [0, 0.1) is 0 Å². The van der Waals surface area contributed by atoms with Gasteiger partial charge < -0.3 is 25.2 Å². The van der Waals surface area contributed by atoms with Gasteiger partial charge in [0.1, 0.15) is 5.75 Å². The van der Waals surface area contributed by atoms with E-state index in [1.54, 1.807) is 7.11 Å². The van der Waals surface area contributed by atoms with Crippen LogP contribution in [-0.2, 0) is 17.7 Å². The highest BCUT2D eigenvalue weighted by molar-refractivity contribution is 5.67. The SMILES string of the molecule is CCCCCOC(=O)N[C@@H](Cc1ccccc1)[C@H](O)CNCc1cccc(OC)c1. The van der Waals surface area contributed by atoms with E-state index in [9.17, 15) is 9.90 Å². The number of unbranched alkanes of at least 4 members (excludes halogenated alkanes) is 2. The first-order valence-electron chi connectivity index (χ1n) is 10.6. The average Bonchev–Trinajstić information content (AvgIpc) is 2.77. The molecule has 0 fully saturated rings. The first kappa shape index (κ1) is 23.7. The summed E-state index contributed by atoms with van der Waals surface area (Å²) in [4.78, 5) is 12.2. The molecule has 6 heteroatoms.